The topological polar surface area (TPSA) is 39.3 Å². The van der Waals surface area contributed by atoms with Gasteiger partial charge in [-0.3, -0.25) is 4.79 Å². The molecule has 0 amide bonds. The SMILES string of the molecule is O=c1ccc(-c2ccc(Br)cc2)nn1CC[NH+]1CCCCC1. The van der Waals surface area contributed by atoms with E-state index in [0.717, 1.165) is 22.3 Å². The first-order valence-electron chi connectivity index (χ1n) is 7.90. The van der Waals surface area contributed by atoms with Gasteiger partial charge in [-0.05, 0) is 37.5 Å². The van der Waals surface area contributed by atoms with Gasteiger partial charge in [-0.15, -0.1) is 0 Å². The lowest BCUT2D eigenvalue weighted by atomic mass is 10.1. The second-order valence-corrected chi connectivity index (χ2v) is 6.76. The molecule has 2 heterocycles. The molecule has 116 valence electrons. The zero-order valence-corrected chi connectivity index (χ0v) is 14.2. The normalized spacial score (nSPS) is 15.9. The fraction of sp³-hybridized carbons (Fsp3) is 0.412. The van der Waals surface area contributed by atoms with Gasteiger partial charge in [0.05, 0.1) is 31.9 Å². The van der Waals surface area contributed by atoms with Crippen molar-refractivity contribution in [2.75, 3.05) is 19.6 Å². The second kappa shape index (κ2) is 7.20. The molecule has 2 aromatic rings. The monoisotopic (exact) mass is 362 g/mol. The molecule has 0 bridgehead atoms. The van der Waals surface area contributed by atoms with Crippen molar-refractivity contribution in [3.05, 3.63) is 51.2 Å². The van der Waals surface area contributed by atoms with E-state index in [1.165, 1.54) is 32.4 Å². The Morgan fingerprint density at radius 3 is 2.50 bits per heavy atom. The van der Waals surface area contributed by atoms with E-state index in [1.807, 2.05) is 24.3 Å². The van der Waals surface area contributed by atoms with Gasteiger partial charge >= 0.3 is 0 Å². The van der Waals surface area contributed by atoms with Gasteiger partial charge in [-0.1, -0.05) is 28.1 Å². The molecule has 4 nitrogen and oxygen atoms in total. The van der Waals surface area contributed by atoms with Crippen LogP contribution in [0.3, 0.4) is 0 Å². The van der Waals surface area contributed by atoms with Crippen LogP contribution in [0.15, 0.2) is 45.7 Å². The highest BCUT2D eigenvalue weighted by atomic mass is 79.9. The van der Waals surface area contributed by atoms with Crippen LogP contribution < -0.4 is 10.5 Å². The summed E-state index contributed by atoms with van der Waals surface area (Å²) in [6.07, 6.45) is 3.95. The average Bonchev–Trinajstić information content (AvgIpc) is 2.56. The third kappa shape index (κ3) is 3.84. The average molecular weight is 363 g/mol. The molecule has 1 aliphatic rings. The smallest absolute Gasteiger partial charge is 0.266 e. The van der Waals surface area contributed by atoms with Crippen LogP contribution in [0.5, 0.6) is 0 Å². The van der Waals surface area contributed by atoms with Crippen LogP contribution in [0, 0.1) is 0 Å². The van der Waals surface area contributed by atoms with Gasteiger partial charge in [-0.2, -0.15) is 5.10 Å². The van der Waals surface area contributed by atoms with E-state index < -0.39 is 0 Å². The molecule has 3 rings (SSSR count). The number of hydrogen-bond donors (Lipinski definition) is 1. The molecule has 0 atom stereocenters. The van der Waals surface area contributed by atoms with Crippen molar-refractivity contribution in [3.63, 3.8) is 0 Å². The third-order valence-electron chi connectivity index (χ3n) is 4.24. The van der Waals surface area contributed by atoms with Crippen molar-refractivity contribution in [2.45, 2.75) is 25.8 Å². The highest BCUT2D eigenvalue weighted by Crippen LogP contribution is 2.18. The molecule has 1 aromatic heterocycles. The van der Waals surface area contributed by atoms with Crippen molar-refractivity contribution in [3.8, 4) is 11.3 Å². The fourth-order valence-electron chi connectivity index (χ4n) is 2.95. The number of piperidine rings is 1. The minimum absolute atomic E-state index is 0.0164. The number of likely N-dealkylation sites (tertiary alicyclic amines) is 1. The Labute approximate surface area is 138 Å². The minimum atomic E-state index is -0.0164. The molecule has 0 saturated carbocycles. The van der Waals surface area contributed by atoms with E-state index in [4.69, 9.17) is 0 Å². The van der Waals surface area contributed by atoms with Crippen molar-refractivity contribution in [2.24, 2.45) is 0 Å². The Bertz CT molecular complexity index is 675. The zero-order valence-electron chi connectivity index (χ0n) is 12.6. The van der Waals surface area contributed by atoms with Crippen LogP contribution >= 0.6 is 15.9 Å². The molecule has 0 unspecified atom stereocenters. The van der Waals surface area contributed by atoms with Gasteiger partial charge in [0.25, 0.3) is 5.56 Å². The van der Waals surface area contributed by atoms with Crippen LogP contribution in [0.2, 0.25) is 0 Å². The molecule has 1 saturated heterocycles. The van der Waals surface area contributed by atoms with E-state index >= 15 is 0 Å². The standard InChI is InChI=1S/C17H20BrN3O/c18-15-6-4-14(5-7-15)16-8-9-17(22)21(19-16)13-12-20-10-2-1-3-11-20/h4-9H,1-3,10-13H2/p+1. The van der Waals surface area contributed by atoms with Crippen molar-refractivity contribution in [1.82, 2.24) is 9.78 Å². The van der Waals surface area contributed by atoms with E-state index in [1.54, 1.807) is 21.7 Å². The molecular formula is C17H21BrN3O+. The lowest BCUT2D eigenvalue weighted by Gasteiger charge is -2.23. The van der Waals surface area contributed by atoms with Gasteiger partial charge in [-0.25, -0.2) is 4.68 Å². The van der Waals surface area contributed by atoms with Gasteiger partial charge in [0.15, 0.2) is 0 Å². The molecule has 1 N–H and O–H groups in total. The number of rotatable bonds is 4. The molecular weight excluding hydrogens is 342 g/mol. The number of nitrogens with zero attached hydrogens (tertiary/aromatic N) is 2. The van der Waals surface area contributed by atoms with Crippen LogP contribution in [-0.2, 0) is 6.54 Å². The van der Waals surface area contributed by atoms with Crippen molar-refractivity contribution in [1.29, 1.82) is 0 Å². The Hall–Kier alpha value is -1.46. The largest absolute Gasteiger partial charge is 0.333 e. The summed E-state index contributed by atoms with van der Waals surface area (Å²) in [6, 6.07) is 11.4. The second-order valence-electron chi connectivity index (χ2n) is 5.85. The van der Waals surface area contributed by atoms with E-state index in [2.05, 4.69) is 21.0 Å². The fourth-order valence-corrected chi connectivity index (χ4v) is 3.21. The van der Waals surface area contributed by atoms with Gasteiger partial charge < -0.3 is 4.90 Å². The Balaban J connectivity index is 1.74. The Morgan fingerprint density at radius 1 is 1.05 bits per heavy atom. The number of halogens is 1. The molecule has 0 spiro atoms. The summed E-state index contributed by atoms with van der Waals surface area (Å²) in [7, 11) is 0. The van der Waals surface area contributed by atoms with Gasteiger partial charge in [0, 0.05) is 16.1 Å². The first-order chi connectivity index (χ1) is 10.7. The molecule has 22 heavy (non-hydrogen) atoms. The Kier molecular flexibility index (Phi) is 5.05. The Morgan fingerprint density at radius 2 is 1.77 bits per heavy atom. The molecule has 0 radical (unpaired) electrons. The van der Waals surface area contributed by atoms with Crippen LogP contribution in [0.4, 0.5) is 0 Å². The number of nitrogens with one attached hydrogen (secondary N) is 1. The van der Waals surface area contributed by atoms with Crippen molar-refractivity contribution >= 4 is 15.9 Å². The predicted molar refractivity (Wildman–Crippen MR) is 91.0 cm³/mol. The van der Waals surface area contributed by atoms with Gasteiger partial charge in [0.1, 0.15) is 0 Å². The quantitative estimate of drug-likeness (QED) is 0.899. The summed E-state index contributed by atoms with van der Waals surface area (Å²) in [5.74, 6) is 0. The lowest BCUT2D eigenvalue weighted by molar-refractivity contribution is -0.905. The molecule has 1 fully saturated rings. The molecule has 0 aliphatic carbocycles. The van der Waals surface area contributed by atoms with Crippen molar-refractivity contribution < 1.29 is 4.90 Å². The summed E-state index contributed by atoms with van der Waals surface area (Å²) in [4.78, 5) is 13.6. The third-order valence-corrected chi connectivity index (χ3v) is 4.77. The predicted octanol–water partition coefficient (Wildman–Crippen LogP) is 1.74. The van der Waals surface area contributed by atoms with Crippen LogP contribution in [0.25, 0.3) is 11.3 Å². The van der Waals surface area contributed by atoms with Gasteiger partial charge in [0.2, 0.25) is 0 Å². The number of benzene rings is 1. The number of quaternary nitrogens is 1. The number of hydrogen-bond acceptors (Lipinski definition) is 2. The maximum Gasteiger partial charge on any atom is 0.266 e. The molecule has 5 heteroatoms. The molecule has 1 aromatic carbocycles. The minimum Gasteiger partial charge on any atom is -0.333 e. The van der Waals surface area contributed by atoms with E-state index in [9.17, 15) is 4.79 Å². The maximum absolute atomic E-state index is 12.0. The first kappa shape index (κ1) is 15.4. The maximum atomic E-state index is 12.0. The zero-order chi connectivity index (χ0) is 15.4. The van der Waals surface area contributed by atoms with Crippen LogP contribution in [-0.4, -0.2) is 29.4 Å². The summed E-state index contributed by atoms with van der Waals surface area (Å²) in [5.41, 5.74) is 1.86. The highest BCUT2D eigenvalue weighted by molar-refractivity contribution is 9.10. The summed E-state index contributed by atoms with van der Waals surface area (Å²) in [6.45, 7) is 4.12. The summed E-state index contributed by atoms with van der Waals surface area (Å²) < 4.78 is 2.65. The first-order valence-corrected chi connectivity index (χ1v) is 8.69. The molecule has 1 aliphatic heterocycles. The van der Waals surface area contributed by atoms with Crippen LogP contribution in [0.1, 0.15) is 19.3 Å². The van der Waals surface area contributed by atoms with E-state index in [0.29, 0.717) is 6.54 Å². The highest BCUT2D eigenvalue weighted by Gasteiger charge is 2.13. The lowest BCUT2D eigenvalue weighted by Crippen LogP contribution is -3.13. The number of aromatic nitrogens is 2. The summed E-state index contributed by atoms with van der Waals surface area (Å²) >= 11 is 3.43. The van der Waals surface area contributed by atoms with E-state index in [-0.39, 0.29) is 5.56 Å². The summed E-state index contributed by atoms with van der Waals surface area (Å²) in [5, 5.41) is 4.53.